The highest BCUT2D eigenvalue weighted by Gasteiger charge is 2.23. The minimum atomic E-state index is -3.65. The van der Waals surface area contributed by atoms with Crippen LogP contribution in [0.1, 0.15) is 18.3 Å². The van der Waals surface area contributed by atoms with Gasteiger partial charge in [0.25, 0.3) is 0 Å². The molecule has 0 amide bonds. The second-order valence-electron chi connectivity index (χ2n) is 4.24. The van der Waals surface area contributed by atoms with Crippen molar-refractivity contribution < 1.29 is 8.42 Å². The number of pyridine rings is 2. The summed E-state index contributed by atoms with van der Waals surface area (Å²) in [5.74, 6) is 0. The summed E-state index contributed by atoms with van der Waals surface area (Å²) in [7, 11) is -3.65. The summed E-state index contributed by atoms with van der Waals surface area (Å²) in [6, 6.07) is 10.0. The molecule has 0 radical (unpaired) electrons. The van der Waals surface area contributed by atoms with Crippen molar-refractivity contribution in [3.8, 4) is 6.07 Å². The monoisotopic (exact) mass is 302 g/mol. The highest BCUT2D eigenvalue weighted by atomic mass is 32.2. The van der Waals surface area contributed by atoms with Crippen molar-refractivity contribution in [1.82, 2.24) is 14.3 Å². The summed E-state index contributed by atoms with van der Waals surface area (Å²) >= 11 is 0. The molecule has 2 heterocycles. The van der Waals surface area contributed by atoms with E-state index >= 15 is 0 Å². The van der Waals surface area contributed by atoms with E-state index < -0.39 is 10.0 Å². The molecule has 0 saturated heterocycles. The number of nitriles is 1. The molecule has 2 rings (SSSR count). The van der Waals surface area contributed by atoms with Gasteiger partial charge in [0.05, 0.1) is 12.2 Å². The van der Waals surface area contributed by atoms with Crippen molar-refractivity contribution in [3.63, 3.8) is 0 Å². The molecule has 0 N–H and O–H groups in total. The van der Waals surface area contributed by atoms with Gasteiger partial charge in [-0.15, -0.1) is 0 Å². The number of hydrogen-bond acceptors (Lipinski definition) is 5. The lowest BCUT2D eigenvalue weighted by molar-refractivity contribution is 0.419. The fraction of sp³-hybridized carbons (Fsp3) is 0.214. The second-order valence-corrected chi connectivity index (χ2v) is 6.18. The van der Waals surface area contributed by atoms with Gasteiger partial charge in [-0.05, 0) is 24.3 Å². The zero-order chi connectivity index (χ0) is 15.3. The van der Waals surface area contributed by atoms with Crippen molar-refractivity contribution in [2.24, 2.45) is 0 Å². The molecule has 0 aliphatic rings. The van der Waals surface area contributed by atoms with E-state index in [1.165, 1.54) is 22.6 Å². The largest absolute Gasteiger partial charge is 0.260 e. The van der Waals surface area contributed by atoms with Crippen molar-refractivity contribution in [2.45, 2.75) is 18.4 Å². The van der Waals surface area contributed by atoms with Crippen LogP contribution in [0, 0.1) is 11.3 Å². The summed E-state index contributed by atoms with van der Waals surface area (Å²) < 4.78 is 26.4. The summed E-state index contributed by atoms with van der Waals surface area (Å²) in [6.45, 7) is 2.27. The lowest BCUT2D eigenvalue weighted by atomic mass is 10.3. The van der Waals surface area contributed by atoms with Crippen LogP contribution in [-0.2, 0) is 16.6 Å². The predicted molar refractivity (Wildman–Crippen MR) is 76.5 cm³/mol. The van der Waals surface area contributed by atoms with Crippen molar-refractivity contribution in [3.05, 3.63) is 54.1 Å². The van der Waals surface area contributed by atoms with Gasteiger partial charge < -0.3 is 0 Å². The molecule has 108 valence electrons. The number of rotatable bonds is 5. The van der Waals surface area contributed by atoms with Gasteiger partial charge in [-0.3, -0.25) is 4.98 Å². The molecule has 0 atom stereocenters. The van der Waals surface area contributed by atoms with Gasteiger partial charge in [0.15, 0.2) is 0 Å². The Bertz CT molecular complexity index is 737. The van der Waals surface area contributed by atoms with Gasteiger partial charge in [0, 0.05) is 18.9 Å². The normalized spacial score (nSPS) is 11.3. The maximum Gasteiger partial charge on any atom is 0.244 e. The third-order valence-corrected chi connectivity index (χ3v) is 4.81. The van der Waals surface area contributed by atoms with Gasteiger partial charge in [-0.25, -0.2) is 13.4 Å². The van der Waals surface area contributed by atoms with Gasteiger partial charge >= 0.3 is 0 Å². The smallest absolute Gasteiger partial charge is 0.244 e. The maximum atomic E-state index is 12.5. The average molecular weight is 302 g/mol. The highest BCUT2D eigenvalue weighted by molar-refractivity contribution is 7.89. The van der Waals surface area contributed by atoms with E-state index in [0.717, 1.165) is 0 Å². The fourth-order valence-electron chi connectivity index (χ4n) is 1.79. The molecule has 2 aromatic heterocycles. The van der Waals surface area contributed by atoms with Crippen LogP contribution in [-0.4, -0.2) is 29.2 Å². The first-order chi connectivity index (χ1) is 10.1. The van der Waals surface area contributed by atoms with Crippen molar-refractivity contribution in [1.29, 1.82) is 5.26 Å². The Morgan fingerprint density at radius 3 is 2.57 bits per heavy atom. The van der Waals surface area contributed by atoms with Crippen LogP contribution < -0.4 is 0 Å². The Kier molecular flexibility index (Phi) is 4.62. The SMILES string of the molecule is CCN(Cc1ccccn1)S(=O)(=O)c1ccc(C#N)nc1. The maximum absolute atomic E-state index is 12.5. The Morgan fingerprint density at radius 1 is 1.24 bits per heavy atom. The van der Waals surface area contributed by atoms with Crippen molar-refractivity contribution >= 4 is 10.0 Å². The molecule has 2 aromatic rings. The summed E-state index contributed by atoms with van der Waals surface area (Å²) in [5.41, 5.74) is 0.853. The average Bonchev–Trinajstić information content (AvgIpc) is 2.53. The molecule has 0 aromatic carbocycles. The standard InChI is InChI=1S/C14H14N4O2S/c1-2-18(11-13-5-3-4-8-16-13)21(19,20)14-7-6-12(9-15)17-10-14/h3-8,10H,2,11H2,1H3. The minimum absolute atomic E-state index is 0.0688. The lowest BCUT2D eigenvalue weighted by Gasteiger charge is -2.19. The van der Waals surface area contributed by atoms with Crippen LogP contribution in [0.2, 0.25) is 0 Å². The van der Waals surface area contributed by atoms with Crippen molar-refractivity contribution in [2.75, 3.05) is 6.54 Å². The summed E-state index contributed by atoms with van der Waals surface area (Å²) in [6.07, 6.45) is 2.83. The van der Waals surface area contributed by atoms with Gasteiger partial charge in [0.2, 0.25) is 10.0 Å². The van der Waals surface area contributed by atoms with Gasteiger partial charge in [0.1, 0.15) is 16.7 Å². The molecule has 0 saturated carbocycles. The van der Waals surface area contributed by atoms with E-state index in [4.69, 9.17) is 5.26 Å². The Hall–Kier alpha value is -2.30. The third kappa shape index (κ3) is 3.42. The van der Waals surface area contributed by atoms with Gasteiger partial charge in [-0.1, -0.05) is 13.0 Å². The minimum Gasteiger partial charge on any atom is -0.260 e. The zero-order valence-corrected chi connectivity index (χ0v) is 12.3. The van der Waals surface area contributed by atoms with E-state index in [-0.39, 0.29) is 17.1 Å². The van der Waals surface area contributed by atoms with Crippen LogP contribution >= 0.6 is 0 Å². The molecule has 0 aliphatic carbocycles. The molecular weight excluding hydrogens is 288 g/mol. The Balaban J connectivity index is 2.29. The molecule has 0 bridgehead atoms. The predicted octanol–water partition coefficient (Wildman–Crippen LogP) is 1.56. The van der Waals surface area contributed by atoms with E-state index in [0.29, 0.717) is 12.2 Å². The topological polar surface area (TPSA) is 87.0 Å². The molecule has 0 spiro atoms. The summed E-state index contributed by atoms with van der Waals surface area (Å²) in [4.78, 5) is 8.01. The van der Waals surface area contributed by atoms with E-state index in [9.17, 15) is 8.42 Å². The van der Waals surface area contributed by atoms with E-state index in [1.807, 2.05) is 12.1 Å². The number of nitrogens with zero attached hydrogens (tertiary/aromatic N) is 4. The second kappa shape index (κ2) is 6.43. The first-order valence-corrected chi connectivity index (χ1v) is 7.78. The Morgan fingerprint density at radius 2 is 2.05 bits per heavy atom. The van der Waals surface area contributed by atoms with Crippen LogP contribution in [0.3, 0.4) is 0 Å². The number of hydrogen-bond donors (Lipinski definition) is 0. The molecule has 6 nitrogen and oxygen atoms in total. The molecule has 0 aliphatic heterocycles. The number of aromatic nitrogens is 2. The van der Waals surface area contributed by atoms with Crippen LogP contribution in [0.5, 0.6) is 0 Å². The Labute approximate surface area is 123 Å². The molecule has 0 fully saturated rings. The molecule has 21 heavy (non-hydrogen) atoms. The molecule has 7 heteroatoms. The van der Waals surface area contributed by atoms with E-state index in [1.54, 1.807) is 25.3 Å². The van der Waals surface area contributed by atoms with Crippen LogP contribution in [0.15, 0.2) is 47.6 Å². The first kappa shape index (κ1) is 15.1. The van der Waals surface area contributed by atoms with Gasteiger partial charge in [-0.2, -0.15) is 9.57 Å². The first-order valence-electron chi connectivity index (χ1n) is 6.34. The number of sulfonamides is 1. The van der Waals surface area contributed by atoms with Crippen LogP contribution in [0.4, 0.5) is 0 Å². The molecular formula is C14H14N4O2S. The fourth-order valence-corrected chi connectivity index (χ4v) is 3.15. The quantitative estimate of drug-likeness (QED) is 0.836. The van der Waals surface area contributed by atoms with Crippen LogP contribution in [0.25, 0.3) is 0 Å². The third-order valence-electron chi connectivity index (χ3n) is 2.91. The summed E-state index contributed by atoms with van der Waals surface area (Å²) in [5, 5.41) is 8.70. The highest BCUT2D eigenvalue weighted by Crippen LogP contribution is 2.16. The van der Waals surface area contributed by atoms with E-state index in [2.05, 4.69) is 9.97 Å². The lowest BCUT2D eigenvalue weighted by Crippen LogP contribution is -2.30. The molecule has 0 unspecified atom stereocenters. The zero-order valence-electron chi connectivity index (χ0n) is 11.5.